The van der Waals surface area contributed by atoms with Gasteiger partial charge < -0.3 is 11.5 Å². The lowest BCUT2D eigenvalue weighted by Gasteiger charge is -2.05. The van der Waals surface area contributed by atoms with E-state index in [9.17, 15) is 0 Å². The predicted molar refractivity (Wildman–Crippen MR) is 63.6 cm³/mol. The summed E-state index contributed by atoms with van der Waals surface area (Å²) in [6.45, 7) is 8.22. The molecule has 0 heterocycles. The maximum Gasteiger partial charge on any atom is 0.00667 e. The zero-order valence-corrected chi connectivity index (χ0v) is 9.98. The molecule has 0 saturated carbocycles. The second kappa shape index (κ2) is 6.52. The molecule has 0 saturated heterocycles. The second-order valence-corrected chi connectivity index (χ2v) is 4.26. The molecule has 0 radical (unpaired) electrons. The van der Waals surface area contributed by atoms with E-state index >= 15 is 0 Å². The quantitative estimate of drug-likeness (QED) is 0.664. The Labute approximate surface area is 88.1 Å². The Morgan fingerprint density at radius 1 is 0.714 bits per heavy atom. The highest BCUT2D eigenvalue weighted by molar-refractivity contribution is 5.06. The summed E-state index contributed by atoms with van der Waals surface area (Å²) in [7, 11) is 0. The number of hydrogen-bond acceptors (Lipinski definition) is 2. The lowest BCUT2D eigenvalue weighted by atomic mass is 10.1. The van der Waals surface area contributed by atoms with Crippen LogP contribution in [-0.4, -0.2) is 0 Å². The van der Waals surface area contributed by atoms with E-state index in [1.807, 2.05) is 0 Å². The van der Waals surface area contributed by atoms with Crippen molar-refractivity contribution in [2.24, 2.45) is 11.5 Å². The van der Waals surface area contributed by atoms with Gasteiger partial charge in [0.1, 0.15) is 0 Å². The van der Waals surface area contributed by atoms with Crippen LogP contribution in [0.25, 0.3) is 0 Å². The molecule has 2 nitrogen and oxygen atoms in total. The fourth-order valence-corrected chi connectivity index (χ4v) is 1.13. The predicted octanol–water partition coefficient (Wildman–Crippen LogP) is 3.05. The first-order valence-electron chi connectivity index (χ1n) is 5.28. The molecule has 2 heteroatoms. The van der Waals surface area contributed by atoms with Gasteiger partial charge in [0.15, 0.2) is 0 Å². The monoisotopic (exact) mass is 196 g/mol. The van der Waals surface area contributed by atoms with Gasteiger partial charge in [0.05, 0.1) is 0 Å². The second-order valence-electron chi connectivity index (χ2n) is 4.26. The summed E-state index contributed by atoms with van der Waals surface area (Å²) in [5.41, 5.74) is 16.2. The van der Waals surface area contributed by atoms with E-state index in [0.717, 1.165) is 37.1 Å². The van der Waals surface area contributed by atoms with E-state index in [4.69, 9.17) is 11.5 Å². The lowest BCUT2D eigenvalue weighted by molar-refractivity contribution is 0.709. The van der Waals surface area contributed by atoms with Gasteiger partial charge in [0, 0.05) is 11.4 Å². The minimum Gasteiger partial charge on any atom is -0.402 e. The topological polar surface area (TPSA) is 52.0 Å². The van der Waals surface area contributed by atoms with Gasteiger partial charge in [-0.3, -0.25) is 0 Å². The van der Waals surface area contributed by atoms with Crippen LogP contribution in [0.2, 0.25) is 0 Å². The van der Waals surface area contributed by atoms with Gasteiger partial charge in [-0.15, -0.1) is 0 Å². The molecule has 14 heavy (non-hydrogen) atoms. The van der Waals surface area contributed by atoms with Crippen LogP contribution in [0.15, 0.2) is 22.5 Å². The zero-order valence-electron chi connectivity index (χ0n) is 9.98. The molecular formula is C12H24N2. The first-order chi connectivity index (χ1) is 6.45. The SMILES string of the molecule is CC(C)=C(N)CCCCC(N)=C(C)C. The van der Waals surface area contributed by atoms with Crippen LogP contribution >= 0.6 is 0 Å². The first kappa shape index (κ1) is 13.1. The summed E-state index contributed by atoms with van der Waals surface area (Å²) in [6, 6.07) is 0. The van der Waals surface area contributed by atoms with Gasteiger partial charge in [-0.1, -0.05) is 11.1 Å². The standard InChI is InChI=1S/C12H24N2/c1-9(2)11(13)7-5-6-8-12(14)10(3)4/h5-8,13-14H2,1-4H3. The van der Waals surface area contributed by atoms with E-state index < -0.39 is 0 Å². The highest BCUT2D eigenvalue weighted by Crippen LogP contribution is 2.11. The average Bonchev–Trinajstić information content (AvgIpc) is 2.11. The summed E-state index contributed by atoms with van der Waals surface area (Å²) >= 11 is 0. The number of hydrogen-bond donors (Lipinski definition) is 2. The van der Waals surface area contributed by atoms with Gasteiger partial charge in [0.25, 0.3) is 0 Å². The van der Waals surface area contributed by atoms with Crippen LogP contribution in [-0.2, 0) is 0 Å². The maximum absolute atomic E-state index is 5.83. The van der Waals surface area contributed by atoms with Crippen LogP contribution in [0.5, 0.6) is 0 Å². The minimum atomic E-state index is 0.998. The number of allylic oxidation sites excluding steroid dienone is 4. The Kier molecular flexibility index (Phi) is 6.09. The zero-order chi connectivity index (χ0) is 11.1. The van der Waals surface area contributed by atoms with E-state index in [-0.39, 0.29) is 0 Å². The number of nitrogens with two attached hydrogens (primary N) is 2. The maximum atomic E-state index is 5.83. The molecule has 4 N–H and O–H groups in total. The minimum absolute atomic E-state index is 0.998. The van der Waals surface area contributed by atoms with Crippen molar-refractivity contribution in [3.8, 4) is 0 Å². The molecule has 0 aliphatic carbocycles. The highest BCUT2D eigenvalue weighted by atomic mass is 14.6. The van der Waals surface area contributed by atoms with Crippen LogP contribution in [0.3, 0.4) is 0 Å². The van der Waals surface area contributed by atoms with Crippen molar-refractivity contribution >= 4 is 0 Å². The van der Waals surface area contributed by atoms with Crippen LogP contribution in [0.1, 0.15) is 53.4 Å². The fraction of sp³-hybridized carbons (Fsp3) is 0.667. The van der Waals surface area contributed by atoms with E-state index in [0.29, 0.717) is 0 Å². The Morgan fingerprint density at radius 2 is 1.00 bits per heavy atom. The molecular weight excluding hydrogens is 172 g/mol. The summed E-state index contributed by atoms with van der Waals surface area (Å²) in [6.07, 6.45) is 4.26. The molecule has 0 aromatic carbocycles. The summed E-state index contributed by atoms with van der Waals surface area (Å²) < 4.78 is 0. The molecule has 82 valence electrons. The molecule has 0 bridgehead atoms. The Hall–Kier alpha value is -0.920. The highest BCUT2D eigenvalue weighted by Gasteiger charge is 1.96. The van der Waals surface area contributed by atoms with Crippen molar-refractivity contribution in [1.29, 1.82) is 0 Å². The molecule has 0 aromatic rings. The molecule has 0 rings (SSSR count). The number of unbranched alkanes of at least 4 members (excludes halogenated alkanes) is 1. The van der Waals surface area contributed by atoms with Gasteiger partial charge in [-0.25, -0.2) is 0 Å². The Balaban J connectivity index is 3.69. The van der Waals surface area contributed by atoms with Crippen molar-refractivity contribution in [1.82, 2.24) is 0 Å². The molecule has 0 spiro atoms. The summed E-state index contributed by atoms with van der Waals surface area (Å²) in [5.74, 6) is 0. The van der Waals surface area contributed by atoms with Gasteiger partial charge in [-0.2, -0.15) is 0 Å². The van der Waals surface area contributed by atoms with Crippen LogP contribution in [0, 0.1) is 0 Å². The van der Waals surface area contributed by atoms with Crippen molar-refractivity contribution in [2.45, 2.75) is 53.4 Å². The van der Waals surface area contributed by atoms with E-state index in [1.165, 1.54) is 11.1 Å². The third-order valence-electron chi connectivity index (χ3n) is 2.43. The smallest absolute Gasteiger partial charge is 0.00667 e. The molecule has 0 amide bonds. The van der Waals surface area contributed by atoms with E-state index in [1.54, 1.807) is 0 Å². The van der Waals surface area contributed by atoms with Crippen molar-refractivity contribution in [3.63, 3.8) is 0 Å². The third kappa shape index (κ3) is 5.68. The number of rotatable bonds is 5. The molecule has 0 aliphatic rings. The van der Waals surface area contributed by atoms with Crippen LogP contribution < -0.4 is 11.5 Å². The lowest BCUT2D eigenvalue weighted by Crippen LogP contribution is -2.02. The molecule has 0 aliphatic heterocycles. The summed E-state index contributed by atoms with van der Waals surface area (Å²) in [4.78, 5) is 0. The first-order valence-corrected chi connectivity index (χ1v) is 5.28. The van der Waals surface area contributed by atoms with Gasteiger partial charge >= 0.3 is 0 Å². The van der Waals surface area contributed by atoms with Crippen LogP contribution in [0.4, 0.5) is 0 Å². The molecule has 0 fully saturated rings. The van der Waals surface area contributed by atoms with Gasteiger partial charge in [0.2, 0.25) is 0 Å². The Bertz CT molecular complexity index is 203. The molecule has 0 aromatic heterocycles. The molecule has 0 unspecified atom stereocenters. The van der Waals surface area contributed by atoms with Crippen molar-refractivity contribution in [3.05, 3.63) is 22.5 Å². The van der Waals surface area contributed by atoms with Crippen molar-refractivity contribution in [2.75, 3.05) is 0 Å². The summed E-state index contributed by atoms with van der Waals surface area (Å²) in [5, 5.41) is 0. The molecule has 0 atom stereocenters. The fourth-order valence-electron chi connectivity index (χ4n) is 1.13. The largest absolute Gasteiger partial charge is 0.402 e. The average molecular weight is 196 g/mol. The van der Waals surface area contributed by atoms with Gasteiger partial charge in [-0.05, 0) is 53.4 Å². The van der Waals surface area contributed by atoms with E-state index in [2.05, 4.69) is 27.7 Å². The Morgan fingerprint density at radius 3 is 1.21 bits per heavy atom. The normalized spacial score (nSPS) is 9.71. The van der Waals surface area contributed by atoms with Crippen molar-refractivity contribution < 1.29 is 0 Å². The third-order valence-corrected chi connectivity index (χ3v) is 2.43.